The average molecular weight is 713 g/mol. The minimum atomic E-state index is -3.67. The zero-order chi connectivity index (χ0) is 31.9. The first-order valence-electron chi connectivity index (χ1n) is 14.2. The van der Waals surface area contributed by atoms with Crippen LogP contribution in [0, 0.1) is 47.6 Å². The second-order valence-electron chi connectivity index (χ2n) is 10.8. The number of hydrogen-bond acceptors (Lipinski definition) is 3. The van der Waals surface area contributed by atoms with Crippen LogP contribution >= 0.6 is 0 Å². The van der Waals surface area contributed by atoms with Gasteiger partial charge in [-0.2, -0.15) is 30.3 Å². The number of hydrogen-bond donors (Lipinski definition) is 0. The van der Waals surface area contributed by atoms with Gasteiger partial charge in [0.1, 0.15) is 13.1 Å². The Morgan fingerprint density at radius 2 is 1.33 bits per heavy atom. The van der Waals surface area contributed by atoms with Crippen molar-refractivity contribution in [1.82, 2.24) is 9.88 Å². The molecule has 4 nitrogen and oxygen atoms in total. The maximum atomic E-state index is 9.67. The Balaban J connectivity index is 0.000000726. The van der Waals surface area contributed by atoms with E-state index in [-0.39, 0.29) is 25.1 Å². The Morgan fingerprint density at radius 3 is 1.73 bits per heavy atom. The van der Waals surface area contributed by atoms with E-state index in [2.05, 4.69) is 118 Å². The van der Waals surface area contributed by atoms with Crippen LogP contribution in [-0.4, -0.2) is 55.5 Å². The number of nitrogens with zero attached hydrogens (tertiary/aromatic N) is 4. The second-order valence-corrected chi connectivity index (χ2v) is 10.8. The maximum absolute atomic E-state index is 9.67. The Hall–Kier alpha value is -3.31. The zero-order valence-electron chi connectivity index (χ0n) is 27.3. The quantitative estimate of drug-likeness (QED) is 0.127. The molecule has 0 unspecified atom stereocenters. The molecule has 0 N–H and O–H groups in total. The van der Waals surface area contributed by atoms with Gasteiger partial charge in [0.25, 0.3) is 0 Å². The van der Waals surface area contributed by atoms with Gasteiger partial charge in [-0.3, -0.25) is 17.9 Å². The summed E-state index contributed by atoms with van der Waals surface area (Å²) in [6.07, 6.45) is 7.09. The summed E-state index contributed by atoms with van der Waals surface area (Å²) < 4.78 is 31.3. The van der Waals surface area contributed by atoms with E-state index < -0.39 is 7.54 Å². The first-order valence-corrected chi connectivity index (χ1v) is 14.2. The van der Waals surface area contributed by atoms with Gasteiger partial charge < -0.3 is 19.1 Å². The van der Waals surface area contributed by atoms with Crippen molar-refractivity contribution in [3.8, 4) is 0 Å². The summed E-state index contributed by atoms with van der Waals surface area (Å²) >= 11 is 0. The largest absolute Gasteiger partial charge is 1.00 e. The number of aromatic nitrogens is 1. The second kappa shape index (κ2) is 21.4. The summed E-state index contributed by atoms with van der Waals surface area (Å²) in [7, 11) is 0.446. The van der Waals surface area contributed by atoms with Crippen LogP contribution < -0.4 is 9.60 Å². The molecular weight excluding hydrogens is 670 g/mol. The molecule has 10 heteroatoms. The molecule has 0 spiro atoms. The Kier molecular flexibility index (Phi) is 19.9. The number of anilines is 1. The summed E-state index contributed by atoms with van der Waals surface area (Å²) in [6.45, 7) is 16.0. The van der Waals surface area contributed by atoms with Crippen LogP contribution in [0.2, 0.25) is 0 Å². The predicted molar refractivity (Wildman–Crippen MR) is 174 cm³/mol. The van der Waals surface area contributed by atoms with Crippen molar-refractivity contribution < 1.29 is 42.6 Å². The summed E-state index contributed by atoms with van der Waals surface area (Å²) in [5, 5.41) is 0. The van der Waals surface area contributed by atoms with Crippen molar-refractivity contribution in [1.29, 1.82) is 0 Å². The van der Waals surface area contributed by atoms with Crippen molar-refractivity contribution in [3.63, 3.8) is 0 Å². The molecule has 246 valence electrons. The van der Waals surface area contributed by atoms with E-state index in [4.69, 9.17) is 0 Å². The van der Waals surface area contributed by atoms with Gasteiger partial charge in [-0.15, -0.1) is 5.56 Å². The number of pyridine rings is 1. The summed E-state index contributed by atoms with van der Waals surface area (Å²) in [6, 6.07) is 26.0. The Labute approximate surface area is 281 Å². The van der Waals surface area contributed by atoms with E-state index in [1.54, 1.807) is 12.4 Å². The van der Waals surface area contributed by atoms with Gasteiger partial charge in [-0.25, -0.2) is 0 Å². The maximum Gasteiger partial charge on any atom is 0.762 e. The Bertz CT molecular complexity index is 1360. The standard InChI is InChI=1S/C21H26N2.C9H12N.C5H5N.BF3.FH.Pd/c1-14-9-16(3)20(17(4)10-14)22-7-8-23(13-22)21-18(5)11-15(2)12-19(21)6;1-10(2)8-9-6-4-3-5-7-9;1-2-4-6-5-3-1;2-1(3)4;;/h9-12H,7-8H2,1-6H3;3-6H,8H2,1-2H3;1-5H;;1H;/q;-1;;;;/p-1. The van der Waals surface area contributed by atoms with Gasteiger partial charge in [0.2, 0.25) is 6.34 Å². The molecule has 0 bridgehead atoms. The normalized spacial score (nSPS) is 11.3. The third-order valence-electron chi connectivity index (χ3n) is 6.43. The van der Waals surface area contributed by atoms with E-state index >= 15 is 0 Å². The summed E-state index contributed by atoms with van der Waals surface area (Å²) in [5.74, 6) is 0. The molecule has 0 radical (unpaired) electrons. The van der Waals surface area contributed by atoms with Crippen LogP contribution in [0.15, 0.2) is 79.1 Å². The minimum Gasteiger partial charge on any atom is -1.00 e. The first-order chi connectivity index (χ1) is 20.4. The summed E-state index contributed by atoms with van der Waals surface area (Å²) in [5.41, 5.74) is 11.8. The van der Waals surface area contributed by atoms with Crippen molar-refractivity contribution in [2.24, 2.45) is 0 Å². The molecule has 3 aromatic carbocycles. The third-order valence-corrected chi connectivity index (χ3v) is 6.43. The Morgan fingerprint density at radius 1 is 0.822 bits per heavy atom. The van der Waals surface area contributed by atoms with Gasteiger partial charge in [0, 0.05) is 50.7 Å². The minimum absolute atomic E-state index is 0. The molecule has 0 atom stereocenters. The van der Waals surface area contributed by atoms with Gasteiger partial charge >= 0.3 is 7.54 Å². The molecule has 0 saturated carbocycles. The molecule has 4 aromatic rings. The van der Waals surface area contributed by atoms with Crippen molar-refractivity contribution in [2.45, 2.75) is 48.1 Å². The summed E-state index contributed by atoms with van der Waals surface area (Å²) in [4.78, 5) is 8.20. The monoisotopic (exact) mass is 712 g/mol. The van der Waals surface area contributed by atoms with Crippen molar-refractivity contribution in [3.05, 3.63) is 124 Å². The van der Waals surface area contributed by atoms with Crippen LogP contribution in [0.25, 0.3) is 0 Å². The number of aryl methyl sites for hydroxylation is 6. The molecule has 45 heavy (non-hydrogen) atoms. The molecular formula is C35H43BF4N4Pd-2. The van der Waals surface area contributed by atoms with E-state index in [0.717, 1.165) is 19.6 Å². The fraction of sp³-hybridized carbons (Fsp3) is 0.314. The zero-order valence-corrected chi connectivity index (χ0v) is 28.9. The molecule has 0 aliphatic carbocycles. The van der Waals surface area contributed by atoms with Gasteiger partial charge in [-0.05, 0) is 67.8 Å². The fourth-order valence-corrected chi connectivity index (χ4v) is 5.15. The SMILES string of the molecule is CN(C)Cc1[c-]cccc1.Cc1cc(C)c(N2[C-]=[N+](c3c(C)cc(C)cc3C)CC2)c(C)c1.FB(F)F.[F-].[Pd].c1ccncc1. The van der Waals surface area contributed by atoms with Gasteiger partial charge in [0.15, 0.2) is 0 Å². The molecule has 5 rings (SSSR count). The smallest absolute Gasteiger partial charge is 0.762 e. The van der Waals surface area contributed by atoms with Gasteiger partial charge in [0.05, 0.1) is 0 Å². The van der Waals surface area contributed by atoms with E-state index in [1.165, 1.54) is 50.3 Å². The fourth-order valence-electron chi connectivity index (χ4n) is 5.15. The van der Waals surface area contributed by atoms with E-state index in [0.29, 0.717) is 0 Å². The van der Waals surface area contributed by atoms with Crippen LogP contribution in [0.1, 0.15) is 38.9 Å². The molecule has 2 heterocycles. The van der Waals surface area contributed by atoms with Crippen molar-refractivity contribution >= 4 is 25.3 Å². The van der Waals surface area contributed by atoms with Crippen LogP contribution in [0.3, 0.4) is 0 Å². The molecule has 0 amide bonds. The topological polar surface area (TPSA) is 22.4 Å². The van der Waals surface area contributed by atoms with Crippen LogP contribution in [-0.2, 0) is 27.0 Å². The number of halogens is 4. The number of rotatable bonds is 4. The molecule has 0 saturated heterocycles. The van der Waals surface area contributed by atoms with Crippen LogP contribution in [0.5, 0.6) is 0 Å². The molecule has 1 aromatic heterocycles. The number of benzene rings is 3. The van der Waals surface area contributed by atoms with E-state index in [9.17, 15) is 12.9 Å². The van der Waals surface area contributed by atoms with Crippen molar-refractivity contribution in [2.75, 3.05) is 32.1 Å². The molecule has 0 fully saturated rings. The third kappa shape index (κ3) is 15.0. The average Bonchev–Trinajstić information content (AvgIpc) is 3.38. The predicted octanol–water partition coefficient (Wildman–Crippen LogP) is 5.12. The van der Waals surface area contributed by atoms with E-state index in [1.807, 2.05) is 36.4 Å². The first kappa shape index (κ1) is 41.7. The molecule has 1 aliphatic heterocycles. The van der Waals surface area contributed by atoms with Crippen LogP contribution in [0.4, 0.5) is 24.3 Å². The molecule has 1 aliphatic rings. The van der Waals surface area contributed by atoms with Gasteiger partial charge in [-0.1, -0.05) is 63.7 Å².